The first kappa shape index (κ1) is 16.0. The first-order valence-electron chi connectivity index (χ1n) is 8.12. The molecule has 0 aliphatic heterocycles. The van der Waals surface area contributed by atoms with Crippen molar-refractivity contribution in [1.82, 2.24) is 9.38 Å². The molecule has 0 spiro atoms. The second-order valence-corrected chi connectivity index (χ2v) is 7.18. The van der Waals surface area contributed by atoms with Gasteiger partial charge in [0.25, 0.3) is 11.5 Å². The largest absolute Gasteiger partial charge is 0.311 e. The van der Waals surface area contributed by atoms with E-state index in [2.05, 4.69) is 4.98 Å². The van der Waals surface area contributed by atoms with Crippen molar-refractivity contribution in [1.29, 1.82) is 0 Å². The van der Waals surface area contributed by atoms with Gasteiger partial charge in [-0.05, 0) is 49.9 Å². The minimum atomic E-state index is -0.450. The fourth-order valence-electron chi connectivity index (χ4n) is 3.18. The molecule has 7 heteroatoms. The third kappa shape index (κ3) is 2.64. The molecule has 1 aromatic carbocycles. The summed E-state index contributed by atoms with van der Waals surface area (Å²) in [5.41, 5.74) is 1.20. The van der Waals surface area contributed by atoms with Gasteiger partial charge < -0.3 is 4.90 Å². The topological polar surface area (TPSA) is 54.7 Å². The molecule has 0 N–H and O–H groups in total. The van der Waals surface area contributed by atoms with Crippen LogP contribution in [-0.4, -0.2) is 22.3 Å². The van der Waals surface area contributed by atoms with Gasteiger partial charge in [-0.25, -0.2) is 9.37 Å². The molecule has 5 nitrogen and oxygen atoms in total. The molecule has 0 atom stereocenters. The van der Waals surface area contributed by atoms with E-state index in [0.717, 1.165) is 31.4 Å². The van der Waals surface area contributed by atoms with Crippen molar-refractivity contribution >= 4 is 27.9 Å². The van der Waals surface area contributed by atoms with Gasteiger partial charge in [-0.15, -0.1) is 11.3 Å². The third-order valence-corrected chi connectivity index (χ3v) is 5.71. The lowest BCUT2D eigenvalue weighted by atomic mass is 10.0. The predicted molar refractivity (Wildman–Crippen MR) is 95.1 cm³/mol. The number of thiazole rings is 1. The van der Waals surface area contributed by atoms with E-state index in [1.54, 1.807) is 11.4 Å². The normalized spacial score (nSPS) is 13.7. The van der Waals surface area contributed by atoms with Gasteiger partial charge in [0.1, 0.15) is 11.4 Å². The maximum atomic E-state index is 13.1. The molecule has 1 aliphatic rings. The molecule has 3 aromatic rings. The van der Waals surface area contributed by atoms with E-state index in [9.17, 15) is 14.0 Å². The quantitative estimate of drug-likeness (QED) is 0.708. The van der Waals surface area contributed by atoms with Gasteiger partial charge in [0.15, 0.2) is 4.96 Å². The van der Waals surface area contributed by atoms with Crippen LogP contribution in [0.4, 0.5) is 10.1 Å². The minimum absolute atomic E-state index is 0.0236. The molecule has 0 bridgehead atoms. The first-order chi connectivity index (χ1) is 12.1. The highest BCUT2D eigenvalue weighted by atomic mass is 32.1. The van der Waals surface area contributed by atoms with Crippen LogP contribution < -0.4 is 10.5 Å². The van der Waals surface area contributed by atoms with Crippen molar-refractivity contribution in [3.8, 4) is 0 Å². The molecule has 4 rings (SSSR count). The molecular formula is C18H16FN3O2S. The molecule has 1 aliphatic carbocycles. The zero-order valence-electron chi connectivity index (χ0n) is 13.7. The van der Waals surface area contributed by atoms with Crippen LogP contribution in [0.5, 0.6) is 0 Å². The highest BCUT2D eigenvalue weighted by molar-refractivity contribution is 7.17. The van der Waals surface area contributed by atoms with Crippen LogP contribution in [0, 0.1) is 5.82 Å². The standard InChI is InChI=1S/C18H16FN3O2S/c1-21(12-8-6-11(19)7-9-12)16(23)13-10-20-18-22(17(13)24)14-4-2-3-5-15(14)25-18/h6-10H,2-5H2,1H3. The molecule has 0 fully saturated rings. The van der Waals surface area contributed by atoms with Gasteiger partial charge >= 0.3 is 0 Å². The lowest BCUT2D eigenvalue weighted by molar-refractivity contribution is 0.0991. The van der Waals surface area contributed by atoms with E-state index in [-0.39, 0.29) is 16.9 Å². The fraction of sp³-hybridized carbons (Fsp3) is 0.278. The maximum Gasteiger partial charge on any atom is 0.271 e. The number of fused-ring (bicyclic) bond motifs is 3. The number of benzene rings is 1. The average Bonchev–Trinajstić information content (AvgIpc) is 3.01. The molecule has 0 saturated carbocycles. The molecular weight excluding hydrogens is 341 g/mol. The lowest BCUT2D eigenvalue weighted by Crippen LogP contribution is -2.33. The summed E-state index contributed by atoms with van der Waals surface area (Å²) in [6.45, 7) is 0. The monoisotopic (exact) mass is 357 g/mol. The van der Waals surface area contributed by atoms with Crippen LogP contribution in [0.1, 0.15) is 33.8 Å². The maximum absolute atomic E-state index is 13.1. The molecule has 128 valence electrons. The number of hydrogen-bond acceptors (Lipinski definition) is 4. The Morgan fingerprint density at radius 3 is 2.72 bits per heavy atom. The third-order valence-electron chi connectivity index (χ3n) is 4.55. The predicted octanol–water partition coefficient (Wildman–Crippen LogP) is 3.05. The Balaban J connectivity index is 1.78. The summed E-state index contributed by atoms with van der Waals surface area (Å²) in [5.74, 6) is -0.827. The Bertz CT molecular complexity index is 1020. The molecule has 2 heterocycles. The SMILES string of the molecule is CN(C(=O)c1cnc2sc3c(n2c1=O)CCCC3)c1ccc(F)cc1. The smallest absolute Gasteiger partial charge is 0.271 e. The average molecular weight is 357 g/mol. The van der Waals surface area contributed by atoms with Gasteiger partial charge in [0.2, 0.25) is 0 Å². The number of hydrogen-bond donors (Lipinski definition) is 0. The summed E-state index contributed by atoms with van der Waals surface area (Å²) in [5, 5.41) is 0. The number of carbonyl (C=O) groups is 1. The second kappa shape index (κ2) is 6.07. The Morgan fingerprint density at radius 1 is 1.24 bits per heavy atom. The van der Waals surface area contributed by atoms with Crippen LogP contribution in [0.25, 0.3) is 4.96 Å². The van der Waals surface area contributed by atoms with Crippen molar-refractivity contribution in [2.45, 2.75) is 25.7 Å². The molecule has 2 aromatic heterocycles. The van der Waals surface area contributed by atoms with E-state index in [1.807, 2.05) is 0 Å². The molecule has 1 amide bonds. The number of aryl methyl sites for hydroxylation is 2. The van der Waals surface area contributed by atoms with Gasteiger partial charge in [-0.3, -0.25) is 14.0 Å². The number of aromatic nitrogens is 2. The number of nitrogens with zero attached hydrogens (tertiary/aromatic N) is 3. The van der Waals surface area contributed by atoms with E-state index < -0.39 is 5.91 Å². The number of rotatable bonds is 2. The number of anilines is 1. The highest BCUT2D eigenvalue weighted by Crippen LogP contribution is 2.28. The van der Waals surface area contributed by atoms with E-state index in [1.165, 1.54) is 51.6 Å². The minimum Gasteiger partial charge on any atom is -0.311 e. The van der Waals surface area contributed by atoms with Crippen molar-refractivity contribution in [2.24, 2.45) is 0 Å². The lowest BCUT2D eigenvalue weighted by Gasteiger charge is -2.17. The molecule has 0 saturated heterocycles. The number of carbonyl (C=O) groups excluding carboxylic acids is 1. The Hall–Kier alpha value is -2.54. The van der Waals surface area contributed by atoms with E-state index in [4.69, 9.17) is 0 Å². The summed E-state index contributed by atoms with van der Waals surface area (Å²) < 4.78 is 14.7. The zero-order chi connectivity index (χ0) is 17.6. The number of halogens is 1. The summed E-state index contributed by atoms with van der Waals surface area (Å²) in [6.07, 6.45) is 5.30. The van der Waals surface area contributed by atoms with Crippen LogP contribution in [0.2, 0.25) is 0 Å². The molecule has 25 heavy (non-hydrogen) atoms. The summed E-state index contributed by atoms with van der Waals surface area (Å²) in [6, 6.07) is 5.57. The fourth-order valence-corrected chi connectivity index (χ4v) is 4.35. The van der Waals surface area contributed by atoms with Gasteiger partial charge in [0, 0.05) is 29.5 Å². The van der Waals surface area contributed by atoms with Crippen molar-refractivity contribution in [3.63, 3.8) is 0 Å². The Morgan fingerprint density at radius 2 is 1.96 bits per heavy atom. The summed E-state index contributed by atoms with van der Waals surface area (Å²) >= 11 is 1.53. The first-order valence-corrected chi connectivity index (χ1v) is 8.94. The molecule has 0 unspecified atom stereocenters. The van der Waals surface area contributed by atoms with Gasteiger partial charge in [-0.2, -0.15) is 0 Å². The number of amides is 1. The summed E-state index contributed by atoms with van der Waals surface area (Å²) in [4.78, 5) is 33.2. The second-order valence-electron chi connectivity index (χ2n) is 6.11. The van der Waals surface area contributed by atoms with E-state index in [0.29, 0.717) is 10.6 Å². The summed E-state index contributed by atoms with van der Waals surface area (Å²) in [7, 11) is 1.56. The highest BCUT2D eigenvalue weighted by Gasteiger charge is 2.23. The van der Waals surface area contributed by atoms with Crippen molar-refractivity contribution in [2.75, 3.05) is 11.9 Å². The van der Waals surface area contributed by atoms with Crippen molar-refractivity contribution in [3.05, 3.63) is 62.8 Å². The molecule has 0 radical (unpaired) electrons. The van der Waals surface area contributed by atoms with Crippen LogP contribution in [0.15, 0.2) is 35.3 Å². The Labute approximate surface area is 147 Å². The van der Waals surface area contributed by atoms with Gasteiger partial charge in [0.05, 0.1) is 0 Å². The van der Waals surface area contributed by atoms with Crippen LogP contribution in [-0.2, 0) is 12.8 Å². The van der Waals surface area contributed by atoms with Gasteiger partial charge in [-0.1, -0.05) is 0 Å². The van der Waals surface area contributed by atoms with E-state index >= 15 is 0 Å². The van der Waals surface area contributed by atoms with Crippen LogP contribution >= 0.6 is 11.3 Å². The zero-order valence-corrected chi connectivity index (χ0v) is 14.5. The van der Waals surface area contributed by atoms with Crippen LogP contribution in [0.3, 0.4) is 0 Å². The van der Waals surface area contributed by atoms with Crippen molar-refractivity contribution < 1.29 is 9.18 Å². The Kier molecular flexibility index (Phi) is 3.88.